The van der Waals surface area contributed by atoms with Crippen LogP contribution in [-0.4, -0.2) is 0 Å². The van der Waals surface area contributed by atoms with E-state index in [4.69, 9.17) is 0 Å². The average Bonchev–Trinajstić information content (AvgIpc) is 3.07. The summed E-state index contributed by atoms with van der Waals surface area (Å²) in [6, 6.07) is 0. The molecule has 0 aromatic carbocycles. The summed E-state index contributed by atoms with van der Waals surface area (Å²) in [4.78, 5) is 0. The molecular weight excluding hydrogens is 378 g/mol. The molecule has 0 amide bonds. The van der Waals surface area contributed by atoms with Gasteiger partial charge in [-0.1, -0.05) is 65.2 Å². The van der Waals surface area contributed by atoms with Crippen LogP contribution in [0.15, 0.2) is 35.5 Å². The Kier molecular flexibility index (Phi) is 23.2. The first-order valence-corrected chi connectivity index (χ1v) is 7.39. The molecule has 0 N–H and O–H groups in total. The van der Waals surface area contributed by atoms with E-state index in [9.17, 15) is 0 Å². The maximum atomic E-state index is 3.23. The Morgan fingerprint density at radius 1 is 0.810 bits per heavy atom. The van der Waals surface area contributed by atoms with Gasteiger partial charge in [-0.3, -0.25) is 12.2 Å². The van der Waals surface area contributed by atoms with Crippen molar-refractivity contribution in [3.05, 3.63) is 47.6 Å². The first-order chi connectivity index (χ1) is 8.86. The molecule has 21 heavy (non-hydrogen) atoms. The van der Waals surface area contributed by atoms with Crippen LogP contribution >= 0.6 is 0 Å². The van der Waals surface area contributed by atoms with E-state index >= 15 is 0 Å². The molecule has 0 aromatic heterocycles. The second-order valence-corrected chi connectivity index (χ2v) is 4.92. The second kappa shape index (κ2) is 18.5. The normalized spacial score (nSPS) is 14.0. The third-order valence-electron chi connectivity index (χ3n) is 3.20. The van der Waals surface area contributed by atoms with Crippen molar-refractivity contribution in [2.24, 2.45) is 0 Å². The van der Waals surface area contributed by atoms with E-state index in [1.165, 1.54) is 49.7 Å². The quantitative estimate of drug-likeness (QED) is 0.535. The van der Waals surface area contributed by atoms with Gasteiger partial charge in [0.15, 0.2) is 0 Å². The fourth-order valence-electron chi connectivity index (χ4n) is 2.00. The van der Waals surface area contributed by atoms with Gasteiger partial charge in [-0.05, 0) is 0 Å². The number of hydrogen-bond acceptors (Lipinski definition) is 0. The van der Waals surface area contributed by atoms with Crippen LogP contribution in [0.3, 0.4) is 0 Å². The van der Waals surface area contributed by atoms with E-state index in [-0.39, 0.29) is 51.0 Å². The minimum absolute atomic E-state index is 0. The number of allylic oxidation sites excluding steroid dienone is 8. The van der Waals surface area contributed by atoms with E-state index in [1.807, 2.05) is 12.2 Å². The minimum Gasteiger partial charge on any atom is -1.00 e. The molecule has 0 unspecified atom stereocenters. The van der Waals surface area contributed by atoms with Crippen LogP contribution in [0.2, 0.25) is 0 Å². The molecule has 0 saturated carbocycles. The van der Waals surface area contributed by atoms with Gasteiger partial charge in [0.25, 0.3) is 0 Å². The van der Waals surface area contributed by atoms with Crippen molar-refractivity contribution in [2.75, 3.05) is 0 Å². The first-order valence-electron chi connectivity index (χ1n) is 7.39. The van der Waals surface area contributed by atoms with Crippen molar-refractivity contribution in [2.45, 2.75) is 65.2 Å². The minimum atomic E-state index is 0. The zero-order valence-corrected chi connectivity index (χ0v) is 17.2. The Hall–Kier alpha value is 0.423. The van der Waals surface area contributed by atoms with Crippen molar-refractivity contribution in [3.63, 3.8) is 0 Å². The predicted molar refractivity (Wildman–Crippen MR) is 80.1 cm³/mol. The number of hydrogen-bond donors (Lipinski definition) is 0. The molecule has 0 bridgehead atoms. The van der Waals surface area contributed by atoms with Crippen LogP contribution < -0.4 is 24.8 Å². The van der Waals surface area contributed by atoms with E-state index in [0.29, 0.717) is 0 Å². The third-order valence-corrected chi connectivity index (χ3v) is 3.20. The van der Waals surface area contributed by atoms with Gasteiger partial charge in [0.05, 0.1) is 0 Å². The first kappa shape index (κ1) is 26.3. The molecule has 0 aromatic rings. The number of halogens is 2. The molecule has 2 aliphatic rings. The molecule has 0 radical (unpaired) electrons. The van der Waals surface area contributed by atoms with Gasteiger partial charge in [0, 0.05) is 0 Å². The number of rotatable bonds is 6. The number of unbranched alkanes of at least 4 members (excludes halogenated alkanes) is 2. The van der Waals surface area contributed by atoms with Crippen molar-refractivity contribution in [1.29, 1.82) is 0 Å². The molecule has 0 atom stereocenters. The molecule has 0 aliphatic heterocycles. The summed E-state index contributed by atoms with van der Waals surface area (Å²) < 4.78 is 0. The van der Waals surface area contributed by atoms with Crippen LogP contribution in [-0.2, 0) is 26.2 Å². The molecular formula is C18H26Cl2Zr. The van der Waals surface area contributed by atoms with Crippen LogP contribution in [0.5, 0.6) is 0 Å². The maximum absolute atomic E-state index is 3.23. The van der Waals surface area contributed by atoms with Gasteiger partial charge >= 0.3 is 26.2 Å². The Bertz CT molecular complexity index is 307. The summed E-state index contributed by atoms with van der Waals surface area (Å²) in [6.07, 6.45) is 24.9. The standard InChI is InChI=1S/2C9H13.2ClH.Zr/c2*1-2-3-6-9-7-4-5-8-9;;;/h2*4-5H,2-3,6-7H2,1H3;2*1H;/q2*-1;;;+4/p-2. The predicted octanol–water partition coefficient (Wildman–Crippen LogP) is -0.262. The van der Waals surface area contributed by atoms with Crippen LogP contribution in [0, 0.1) is 12.2 Å². The van der Waals surface area contributed by atoms with Crippen molar-refractivity contribution >= 4 is 0 Å². The maximum Gasteiger partial charge on any atom is 4.00 e. The van der Waals surface area contributed by atoms with Crippen LogP contribution in [0.25, 0.3) is 0 Å². The van der Waals surface area contributed by atoms with Crippen molar-refractivity contribution < 1.29 is 51.0 Å². The van der Waals surface area contributed by atoms with E-state index < -0.39 is 0 Å². The van der Waals surface area contributed by atoms with Gasteiger partial charge in [0.1, 0.15) is 0 Å². The Morgan fingerprint density at radius 2 is 1.19 bits per heavy atom. The Labute approximate surface area is 163 Å². The smallest absolute Gasteiger partial charge is 1.00 e. The zero-order valence-electron chi connectivity index (χ0n) is 13.2. The van der Waals surface area contributed by atoms with Gasteiger partial charge in [0.2, 0.25) is 0 Å². The fraction of sp³-hybridized carbons (Fsp3) is 0.556. The molecule has 2 aliphatic carbocycles. The average molecular weight is 405 g/mol. The topological polar surface area (TPSA) is 0 Å². The SMILES string of the molecule is CCCCC1=[C-]C=CC1.CCCCC1=[C-]C=CC1.[Cl-].[Cl-].[Zr+4]. The molecule has 0 heterocycles. The summed E-state index contributed by atoms with van der Waals surface area (Å²) in [7, 11) is 0. The van der Waals surface area contributed by atoms with E-state index in [1.54, 1.807) is 0 Å². The van der Waals surface area contributed by atoms with Crippen molar-refractivity contribution in [1.82, 2.24) is 0 Å². The molecule has 0 spiro atoms. The summed E-state index contributed by atoms with van der Waals surface area (Å²) in [6.45, 7) is 4.45. The van der Waals surface area contributed by atoms with Crippen LogP contribution in [0.1, 0.15) is 65.2 Å². The fourth-order valence-corrected chi connectivity index (χ4v) is 2.00. The summed E-state index contributed by atoms with van der Waals surface area (Å²) in [5, 5.41) is 0. The van der Waals surface area contributed by atoms with Crippen molar-refractivity contribution in [3.8, 4) is 0 Å². The van der Waals surface area contributed by atoms with Gasteiger partial charge in [-0.15, -0.1) is 0 Å². The third kappa shape index (κ3) is 13.8. The zero-order chi connectivity index (χ0) is 13.1. The van der Waals surface area contributed by atoms with Gasteiger partial charge < -0.3 is 24.8 Å². The Balaban J connectivity index is -0.000000270. The molecule has 3 heteroatoms. The van der Waals surface area contributed by atoms with Crippen LogP contribution in [0.4, 0.5) is 0 Å². The summed E-state index contributed by atoms with van der Waals surface area (Å²) in [5.41, 5.74) is 2.97. The van der Waals surface area contributed by atoms with Gasteiger partial charge in [-0.25, -0.2) is 24.3 Å². The molecule has 116 valence electrons. The molecule has 0 fully saturated rings. The molecule has 2 rings (SSSR count). The summed E-state index contributed by atoms with van der Waals surface area (Å²) >= 11 is 0. The van der Waals surface area contributed by atoms with E-state index in [0.717, 1.165) is 12.8 Å². The second-order valence-electron chi connectivity index (χ2n) is 4.92. The monoisotopic (exact) mass is 402 g/mol. The molecule has 0 nitrogen and oxygen atoms in total. The van der Waals surface area contributed by atoms with E-state index in [2.05, 4.69) is 38.2 Å². The summed E-state index contributed by atoms with van der Waals surface area (Å²) in [5.74, 6) is 0. The largest absolute Gasteiger partial charge is 4.00 e. The van der Waals surface area contributed by atoms with Gasteiger partial charge in [-0.2, -0.15) is 11.1 Å². The Morgan fingerprint density at radius 3 is 1.43 bits per heavy atom. The molecule has 0 saturated heterocycles.